The molecule has 0 unspecified atom stereocenters. The first-order valence-corrected chi connectivity index (χ1v) is 7.16. The van der Waals surface area contributed by atoms with Gasteiger partial charge in [-0.1, -0.05) is 30.3 Å². The second kappa shape index (κ2) is 7.77. The molecule has 0 spiro atoms. The topological polar surface area (TPSA) is 15.7 Å². The van der Waals surface area contributed by atoms with Crippen molar-refractivity contribution in [1.29, 1.82) is 0 Å². The Labute approximate surface area is 123 Å². The molecule has 0 aromatic heterocycles. The predicted octanol–water partition coefficient (Wildman–Crippen LogP) is 2.38. The summed E-state index contributed by atoms with van der Waals surface area (Å²) in [6.07, 6.45) is -4.23. The molecule has 0 radical (unpaired) electrons. The molecule has 0 aliphatic carbocycles. The molecular weight excluding hydrogens is 281 g/mol. The van der Waals surface area contributed by atoms with Crippen molar-refractivity contribution in [2.45, 2.75) is 12.7 Å². The van der Waals surface area contributed by atoms with Crippen LogP contribution < -0.4 is 0 Å². The van der Waals surface area contributed by atoms with E-state index in [2.05, 4.69) is 26.7 Å². The Kier molecular flexibility index (Phi) is 6.02. The standard InChI is InChI=1S/C15H21F3N2O/c16-15(17,18)13-21-11-10-19-6-8-20(9-7-19)12-14-4-2-1-3-5-14/h1-5H,6-13H2. The second-order valence-electron chi connectivity index (χ2n) is 5.27. The van der Waals surface area contributed by atoms with E-state index in [1.807, 2.05) is 18.2 Å². The van der Waals surface area contributed by atoms with Crippen LogP contribution in [0, 0.1) is 0 Å². The fourth-order valence-electron chi connectivity index (χ4n) is 2.39. The molecule has 1 fully saturated rings. The lowest BCUT2D eigenvalue weighted by atomic mass is 10.2. The van der Waals surface area contributed by atoms with Crippen LogP contribution in [0.15, 0.2) is 30.3 Å². The van der Waals surface area contributed by atoms with Crippen LogP contribution in [0.1, 0.15) is 5.56 Å². The van der Waals surface area contributed by atoms with Crippen LogP contribution >= 0.6 is 0 Å². The van der Waals surface area contributed by atoms with Crippen molar-refractivity contribution in [2.24, 2.45) is 0 Å². The predicted molar refractivity (Wildman–Crippen MR) is 75.0 cm³/mol. The molecule has 0 N–H and O–H groups in total. The molecule has 1 aliphatic heterocycles. The molecule has 3 nitrogen and oxygen atoms in total. The summed E-state index contributed by atoms with van der Waals surface area (Å²) in [5.41, 5.74) is 1.29. The summed E-state index contributed by atoms with van der Waals surface area (Å²) in [5, 5.41) is 0. The zero-order valence-corrected chi connectivity index (χ0v) is 12.0. The van der Waals surface area contributed by atoms with Crippen LogP contribution in [0.3, 0.4) is 0 Å². The van der Waals surface area contributed by atoms with Crippen molar-refractivity contribution in [3.63, 3.8) is 0 Å². The first-order valence-electron chi connectivity index (χ1n) is 7.16. The van der Waals surface area contributed by atoms with Gasteiger partial charge in [0.1, 0.15) is 6.61 Å². The molecule has 6 heteroatoms. The molecule has 1 saturated heterocycles. The summed E-state index contributed by atoms with van der Waals surface area (Å²) in [6, 6.07) is 10.3. The molecule has 0 saturated carbocycles. The molecule has 0 atom stereocenters. The summed E-state index contributed by atoms with van der Waals surface area (Å²) >= 11 is 0. The Morgan fingerprint density at radius 3 is 2.19 bits per heavy atom. The highest BCUT2D eigenvalue weighted by Crippen LogP contribution is 2.14. The minimum atomic E-state index is -4.23. The summed E-state index contributed by atoms with van der Waals surface area (Å²) in [4.78, 5) is 4.51. The van der Waals surface area contributed by atoms with E-state index < -0.39 is 12.8 Å². The number of benzene rings is 1. The van der Waals surface area contributed by atoms with Crippen LogP contribution in [0.4, 0.5) is 13.2 Å². The average Bonchev–Trinajstić information content (AvgIpc) is 2.45. The van der Waals surface area contributed by atoms with Crippen LogP contribution in [0.5, 0.6) is 0 Å². The number of hydrogen-bond donors (Lipinski definition) is 0. The van der Waals surface area contributed by atoms with Crippen molar-refractivity contribution in [3.05, 3.63) is 35.9 Å². The first kappa shape index (κ1) is 16.3. The Balaban J connectivity index is 1.60. The minimum absolute atomic E-state index is 0.137. The highest BCUT2D eigenvalue weighted by molar-refractivity contribution is 5.14. The Morgan fingerprint density at radius 2 is 1.57 bits per heavy atom. The van der Waals surface area contributed by atoms with Crippen LogP contribution in [-0.4, -0.2) is 61.9 Å². The normalized spacial score (nSPS) is 18.0. The third-order valence-electron chi connectivity index (χ3n) is 3.53. The number of rotatable bonds is 6. The number of ether oxygens (including phenoxy) is 1. The molecule has 1 heterocycles. The van der Waals surface area contributed by atoms with E-state index in [-0.39, 0.29) is 6.61 Å². The van der Waals surface area contributed by atoms with Crippen molar-refractivity contribution in [2.75, 3.05) is 45.9 Å². The third-order valence-corrected chi connectivity index (χ3v) is 3.53. The Bertz CT molecular complexity index is 403. The van der Waals surface area contributed by atoms with Gasteiger partial charge in [0, 0.05) is 39.3 Å². The largest absolute Gasteiger partial charge is 0.411 e. The molecular formula is C15H21F3N2O. The summed E-state index contributed by atoms with van der Waals surface area (Å²) in [7, 11) is 0. The maximum atomic E-state index is 11.9. The van der Waals surface area contributed by atoms with E-state index in [0.29, 0.717) is 6.54 Å². The second-order valence-corrected chi connectivity index (χ2v) is 5.27. The number of halogens is 3. The highest BCUT2D eigenvalue weighted by Gasteiger charge is 2.27. The molecule has 0 amide bonds. The summed E-state index contributed by atoms with van der Waals surface area (Å²) < 4.78 is 40.4. The SMILES string of the molecule is FC(F)(F)COCCN1CCN(Cc2ccccc2)CC1. The smallest absolute Gasteiger partial charge is 0.371 e. The molecule has 1 aliphatic rings. The average molecular weight is 302 g/mol. The molecule has 118 valence electrons. The number of piperazine rings is 1. The van der Waals surface area contributed by atoms with Gasteiger partial charge in [0.15, 0.2) is 0 Å². The lowest BCUT2D eigenvalue weighted by Crippen LogP contribution is -2.46. The van der Waals surface area contributed by atoms with E-state index >= 15 is 0 Å². The number of alkyl halides is 3. The van der Waals surface area contributed by atoms with Crippen molar-refractivity contribution < 1.29 is 17.9 Å². The molecule has 2 rings (SSSR count). The highest BCUT2D eigenvalue weighted by atomic mass is 19.4. The zero-order valence-electron chi connectivity index (χ0n) is 12.0. The van der Waals surface area contributed by atoms with Gasteiger partial charge in [-0.15, -0.1) is 0 Å². The molecule has 1 aromatic rings. The monoisotopic (exact) mass is 302 g/mol. The van der Waals surface area contributed by atoms with Gasteiger partial charge in [-0.05, 0) is 5.56 Å². The van der Waals surface area contributed by atoms with E-state index in [1.165, 1.54) is 5.56 Å². The first-order chi connectivity index (χ1) is 10.0. The van der Waals surface area contributed by atoms with Crippen molar-refractivity contribution >= 4 is 0 Å². The van der Waals surface area contributed by atoms with Gasteiger partial charge in [-0.2, -0.15) is 13.2 Å². The third kappa shape index (κ3) is 6.46. The van der Waals surface area contributed by atoms with Gasteiger partial charge >= 0.3 is 6.18 Å². The van der Waals surface area contributed by atoms with Gasteiger partial charge < -0.3 is 4.74 Å². The molecule has 21 heavy (non-hydrogen) atoms. The fraction of sp³-hybridized carbons (Fsp3) is 0.600. The number of hydrogen-bond acceptors (Lipinski definition) is 3. The van der Waals surface area contributed by atoms with Gasteiger partial charge in [-0.3, -0.25) is 9.80 Å². The van der Waals surface area contributed by atoms with Crippen LogP contribution in [-0.2, 0) is 11.3 Å². The zero-order chi connectivity index (χ0) is 15.1. The van der Waals surface area contributed by atoms with Crippen LogP contribution in [0.25, 0.3) is 0 Å². The quantitative estimate of drug-likeness (QED) is 0.751. The van der Waals surface area contributed by atoms with Crippen molar-refractivity contribution in [3.8, 4) is 0 Å². The Hall–Kier alpha value is -1.11. The van der Waals surface area contributed by atoms with Crippen LogP contribution in [0.2, 0.25) is 0 Å². The number of nitrogens with zero attached hydrogens (tertiary/aromatic N) is 2. The Morgan fingerprint density at radius 1 is 0.952 bits per heavy atom. The van der Waals surface area contributed by atoms with E-state index in [9.17, 15) is 13.2 Å². The summed E-state index contributed by atoms with van der Waals surface area (Å²) in [6.45, 7) is 4.11. The lowest BCUT2D eigenvalue weighted by molar-refractivity contribution is -0.174. The van der Waals surface area contributed by atoms with Gasteiger partial charge in [0.2, 0.25) is 0 Å². The maximum absolute atomic E-state index is 11.9. The minimum Gasteiger partial charge on any atom is -0.371 e. The van der Waals surface area contributed by atoms with E-state index in [0.717, 1.165) is 32.7 Å². The van der Waals surface area contributed by atoms with Gasteiger partial charge in [0.05, 0.1) is 6.61 Å². The summed E-state index contributed by atoms with van der Waals surface area (Å²) in [5.74, 6) is 0. The van der Waals surface area contributed by atoms with E-state index in [1.54, 1.807) is 0 Å². The maximum Gasteiger partial charge on any atom is 0.411 e. The molecule has 1 aromatic carbocycles. The molecule has 0 bridgehead atoms. The van der Waals surface area contributed by atoms with Gasteiger partial charge in [-0.25, -0.2) is 0 Å². The van der Waals surface area contributed by atoms with Crippen molar-refractivity contribution in [1.82, 2.24) is 9.80 Å². The lowest BCUT2D eigenvalue weighted by Gasteiger charge is -2.34. The fourth-order valence-corrected chi connectivity index (χ4v) is 2.39. The van der Waals surface area contributed by atoms with E-state index in [4.69, 9.17) is 0 Å². The van der Waals surface area contributed by atoms with Gasteiger partial charge in [0.25, 0.3) is 0 Å².